The fourth-order valence-corrected chi connectivity index (χ4v) is 7.09. The Balaban J connectivity index is 1.32. The van der Waals surface area contributed by atoms with E-state index >= 15 is 0 Å². The molecule has 34 heavy (non-hydrogen) atoms. The van der Waals surface area contributed by atoms with Crippen LogP contribution in [0.5, 0.6) is 5.75 Å². The van der Waals surface area contributed by atoms with Crippen molar-refractivity contribution in [2.75, 3.05) is 20.1 Å². The topological polar surface area (TPSA) is 77.2 Å². The van der Waals surface area contributed by atoms with Gasteiger partial charge < -0.3 is 19.5 Å². The number of furan rings is 1. The third-order valence-corrected chi connectivity index (χ3v) is 9.16. The van der Waals surface area contributed by atoms with Gasteiger partial charge >= 0.3 is 0 Å². The second-order valence-corrected chi connectivity index (χ2v) is 11.0. The average Bonchev–Trinajstić information content (AvgIpc) is 3.49. The summed E-state index contributed by atoms with van der Waals surface area (Å²) in [4.78, 5) is 17.4. The minimum Gasteiger partial charge on any atom is -0.508 e. The number of benzene rings is 1. The van der Waals surface area contributed by atoms with E-state index in [0.717, 1.165) is 55.8 Å². The van der Waals surface area contributed by atoms with Crippen molar-refractivity contribution in [3.05, 3.63) is 59.6 Å². The maximum atomic E-state index is 13.0. The number of carbonyl (C=O) groups excluding carboxylic acids is 1. The van der Waals surface area contributed by atoms with Crippen LogP contribution in [0.2, 0.25) is 0 Å². The summed E-state index contributed by atoms with van der Waals surface area (Å²) < 4.78 is 5.09. The summed E-state index contributed by atoms with van der Waals surface area (Å²) in [6.07, 6.45) is 13.0. The lowest BCUT2D eigenvalue weighted by Gasteiger charge is -2.65. The Morgan fingerprint density at radius 1 is 1.26 bits per heavy atom. The quantitative estimate of drug-likeness (QED) is 0.663. The molecule has 6 heteroatoms. The van der Waals surface area contributed by atoms with Crippen LogP contribution in [0.25, 0.3) is 6.08 Å². The first kappa shape index (κ1) is 21.9. The molecule has 1 aromatic heterocycles. The number of phenolic OH excluding ortho intramolecular Hbond substituents is 1. The van der Waals surface area contributed by atoms with Crippen LogP contribution in [0.4, 0.5) is 0 Å². The lowest BCUT2D eigenvalue weighted by atomic mass is 9.48. The summed E-state index contributed by atoms with van der Waals surface area (Å²) in [5.41, 5.74) is 1.91. The number of aromatic hydroxyl groups is 1. The summed E-state index contributed by atoms with van der Waals surface area (Å²) in [5, 5.41) is 22.8. The fraction of sp³-hybridized carbons (Fsp3) is 0.536. The third kappa shape index (κ3) is 3.42. The van der Waals surface area contributed by atoms with Crippen molar-refractivity contribution in [3.8, 4) is 5.75 Å². The van der Waals surface area contributed by atoms with E-state index in [9.17, 15) is 15.0 Å². The number of carbonyl (C=O) groups is 1. The Morgan fingerprint density at radius 3 is 2.88 bits per heavy atom. The Morgan fingerprint density at radius 2 is 2.12 bits per heavy atom. The molecule has 2 aromatic rings. The maximum Gasteiger partial charge on any atom is 0.246 e. The van der Waals surface area contributed by atoms with Crippen LogP contribution in [-0.2, 0) is 16.6 Å². The van der Waals surface area contributed by atoms with E-state index in [1.165, 1.54) is 18.4 Å². The number of fused-ring (bicyclic) bond motifs is 1. The molecule has 0 radical (unpaired) electrons. The van der Waals surface area contributed by atoms with E-state index in [1.54, 1.807) is 30.7 Å². The van der Waals surface area contributed by atoms with Crippen LogP contribution >= 0.6 is 0 Å². The Kier molecular flexibility index (Phi) is 5.15. The number of likely N-dealkylation sites (N-methyl/N-ethyl adjacent to an activating group) is 1. The van der Waals surface area contributed by atoms with Gasteiger partial charge in [-0.2, -0.15) is 0 Å². The third-order valence-electron chi connectivity index (χ3n) is 9.16. The molecule has 1 aliphatic heterocycles. The highest BCUT2D eigenvalue weighted by Crippen LogP contribution is 2.59. The van der Waals surface area contributed by atoms with Crippen molar-refractivity contribution in [1.82, 2.24) is 9.80 Å². The zero-order chi connectivity index (χ0) is 23.5. The zero-order valence-electron chi connectivity index (χ0n) is 19.8. The highest BCUT2D eigenvalue weighted by molar-refractivity contribution is 5.91. The lowest BCUT2D eigenvalue weighted by Crippen LogP contribution is -2.74. The van der Waals surface area contributed by atoms with Gasteiger partial charge in [-0.1, -0.05) is 6.07 Å². The molecule has 4 aliphatic rings. The van der Waals surface area contributed by atoms with Gasteiger partial charge in [0.15, 0.2) is 0 Å². The number of likely N-dealkylation sites (tertiary alicyclic amines) is 1. The monoisotopic (exact) mass is 462 g/mol. The van der Waals surface area contributed by atoms with Crippen molar-refractivity contribution in [1.29, 1.82) is 0 Å². The smallest absolute Gasteiger partial charge is 0.246 e. The van der Waals surface area contributed by atoms with Gasteiger partial charge in [0, 0.05) is 42.7 Å². The van der Waals surface area contributed by atoms with E-state index in [1.807, 2.05) is 30.1 Å². The Labute approximate surface area is 200 Å². The van der Waals surface area contributed by atoms with Gasteiger partial charge in [-0.3, -0.25) is 9.69 Å². The molecule has 3 aliphatic carbocycles. The first-order valence-corrected chi connectivity index (χ1v) is 12.7. The van der Waals surface area contributed by atoms with Gasteiger partial charge in [0.05, 0.1) is 18.1 Å². The molecular weight excluding hydrogens is 428 g/mol. The molecule has 6 nitrogen and oxygen atoms in total. The van der Waals surface area contributed by atoms with Crippen molar-refractivity contribution in [3.63, 3.8) is 0 Å². The summed E-state index contributed by atoms with van der Waals surface area (Å²) >= 11 is 0. The number of hydrogen-bond donors (Lipinski definition) is 2. The van der Waals surface area contributed by atoms with Gasteiger partial charge in [-0.15, -0.1) is 0 Å². The van der Waals surface area contributed by atoms with E-state index in [-0.39, 0.29) is 23.7 Å². The highest BCUT2D eigenvalue weighted by atomic mass is 16.3. The minimum atomic E-state index is -0.839. The van der Waals surface area contributed by atoms with E-state index < -0.39 is 11.0 Å². The molecule has 2 heterocycles. The number of amides is 1. The molecule has 1 aromatic carbocycles. The molecule has 1 saturated heterocycles. The van der Waals surface area contributed by atoms with Gasteiger partial charge in [-0.25, -0.2) is 0 Å². The number of aliphatic hydroxyl groups is 1. The summed E-state index contributed by atoms with van der Waals surface area (Å²) in [6, 6.07) is 7.66. The fourth-order valence-electron chi connectivity index (χ4n) is 7.09. The standard InChI is InChI=1S/C28H34N2O4/c1-29(26(32)7-4-20-9-13-34-18-20)22-8-10-28(33)25-14-21-5-6-23(31)15-24(21)27(28,16-22)11-12-30(25)17-19-2-3-19/h4-7,9,13,15,18-19,22,25,31,33H,2-3,8,10-12,14,16-17H2,1H3/b7-4+/t22?,25-,27-,28-/m1/s1. The van der Waals surface area contributed by atoms with Crippen LogP contribution in [-0.4, -0.2) is 63.7 Å². The average molecular weight is 463 g/mol. The summed E-state index contributed by atoms with van der Waals surface area (Å²) in [6.45, 7) is 2.04. The molecule has 2 N–H and O–H groups in total. The van der Waals surface area contributed by atoms with E-state index in [0.29, 0.717) is 6.42 Å². The zero-order valence-corrected chi connectivity index (χ0v) is 19.8. The first-order valence-electron chi connectivity index (χ1n) is 12.7. The summed E-state index contributed by atoms with van der Waals surface area (Å²) in [5.74, 6) is 0.992. The van der Waals surface area contributed by atoms with E-state index in [2.05, 4.69) is 4.90 Å². The van der Waals surface area contributed by atoms with Crippen molar-refractivity contribution in [2.45, 2.75) is 68.0 Å². The second-order valence-electron chi connectivity index (χ2n) is 11.0. The molecule has 1 unspecified atom stereocenters. The normalized spacial score (nSPS) is 32.9. The number of rotatable bonds is 5. The molecule has 1 amide bonds. The van der Waals surface area contributed by atoms with Crippen LogP contribution in [0, 0.1) is 5.92 Å². The van der Waals surface area contributed by atoms with Crippen molar-refractivity contribution >= 4 is 12.0 Å². The molecule has 2 bridgehead atoms. The Hall–Kier alpha value is -2.57. The lowest BCUT2D eigenvalue weighted by molar-refractivity contribution is -0.177. The molecule has 2 saturated carbocycles. The van der Waals surface area contributed by atoms with Gasteiger partial charge in [-0.05, 0) is 92.8 Å². The number of phenols is 1. The predicted molar refractivity (Wildman–Crippen MR) is 129 cm³/mol. The van der Waals surface area contributed by atoms with Gasteiger partial charge in [0.1, 0.15) is 5.75 Å². The molecule has 4 atom stereocenters. The van der Waals surface area contributed by atoms with Crippen molar-refractivity contribution < 1.29 is 19.4 Å². The molecular formula is C28H34N2O4. The van der Waals surface area contributed by atoms with Crippen LogP contribution < -0.4 is 0 Å². The number of piperidine rings is 1. The molecule has 0 spiro atoms. The molecule has 3 fully saturated rings. The molecule has 6 rings (SSSR count). The van der Waals surface area contributed by atoms with Crippen LogP contribution in [0.1, 0.15) is 55.2 Å². The predicted octanol–water partition coefficient (Wildman–Crippen LogP) is 3.72. The molecule has 180 valence electrons. The second kappa shape index (κ2) is 7.99. The van der Waals surface area contributed by atoms with Crippen LogP contribution in [0.15, 0.2) is 47.3 Å². The van der Waals surface area contributed by atoms with E-state index in [4.69, 9.17) is 4.42 Å². The first-order chi connectivity index (χ1) is 16.4. The van der Waals surface area contributed by atoms with Crippen LogP contribution in [0.3, 0.4) is 0 Å². The maximum absolute atomic E-state index is 13.0. The van der Waals surface area contributed by atoms with Crippen molar-refractivity contribution in [2.24, 2.45) is 5.92 Å². The number of nitrogens with zero attached hydrogens (tertiary/aromatic N) is 2. The van der Waals surface area contributed by atoms with Gasteiger partial charge in [0.2, 0.25) is 5.91 Å². The Bertz CT molecular complexity index is 1110. The highest BCUT2D eigenvalue weighted by Gasteiger charge is 2.65. The summed E-state index contributed by atoms with van der Waals surface area (Å²) in [7, 11) is 1.87. The minimum absolute atomic E-state index is 0.0331. The largest absolute Gasteiger partial charge is 0.508 e. The number of hydrogen-bond acceptors (Lipinski definition) is 5. The van der Waals surface area contributed by atoms with Gasteiger partial charge in [0.25, 0.3) is 0 Å². The SMILES string of the molecule is CN(C(=O)/C=C/c1ccoc1)C1CC[C@@]2(O)[C@H]3Cc4ccc(O)cc4[C@@]2(CCN3CC2CC2)C1.